The second-order valence-corrected chi connectivity index (χ2v) is 7.95. The summed E-state index contributed by atoms with van der Waals surface area (Å²) in [6.07, 6.45) is 1.57. The molecule has 0 atom stereocenters. The standard InChI is InChI=1S/C28H18ClNO/c1-17-7-2-4-9-19(17)24-15-26(30-16-25(24)29)23-12-6-11-21-22-14-13-18-8-3-5-10-20(18)27(22)31-28(21)23/h2-16H,1H3/i1D3. The molecule has 0 bridgehead atoms. The third-order valence-corrected chi connectivity index (χ3v) is 6.04. The summed E-state index contributed by atoms with van der Waals surface area (Å²) in [7, 11) is 0. The summed E-state index contributed by atoms with van der Waals surface area (Å²) in [5, 5.41) is 4.60. The van der Waals surface area contributed by atoms with Crippen LogP contribution in [0.4, 0.5) is 0 Å². The number of benzene rings is 4. The van der Waals surface area contributed by atoms with Crippen molar-refractivity contribution in [3.05, 3.63) is 102 Å². The largest absolute Gasteiger partial charge is 0.455 e. The Morgan fingerprint density at radius 2 is 1.52 bits per heavy atom. The number of furan rings is 1. The Labute approximate surface area is 188 Å². The first-order valence-electron chi connectivity index (χ1n) is 11.5. The lowest BCUT2D eigenvalue weighted by Crippen LogP contribution is -1.89. The van der Waals surface area contributed by atoms with Crippen LogP contribution in [0.3, 0.4) is 0 Å². The van der Waals surface area contributed by atoms with Gasteiger partial charge in [0.05, 0.1) is 10.7 Å². The number of nitrogens with zero attached hydrogens (tertiary/aromatic N) is 1. The minimum absolute atomic E-state index is 0.252. The maximum atomic E-state index is 7.95. The highest BCUT2D eigenvalue weighted by Crippen LogP contribution is 2.40. The summed E-state index contributed by atoms with van der Waals surface area (Å²) in [5.41, 5.74) is 4.50. The average molecular weight is 423 g/mol. The van der Waals surface area contributed by atoms with Crippen LogP contribution in [0.1, 0.15) is 9.68 Å². The molecular weight excluding hydrogens is 402 g/mol. The molecular formula is C28H18ClNO. The molecule has 6 rings (SSSR count). The Hall–Kier alpha value is -3.62. The number of halogens is 1. The fourth-order valence-corrected chi connectivity index (χ4v) is 4.44. The SMILES string of the molecule is [2H]C([2H])([2H])c1ccccc1-c1cc(-c2cccc3c2oc2c4ccccc4ccc32)ncc1Cl. The smallest absolute Gasteiger partial charge is 0.144 e. The normalized spacial score (nSPS) is 13.4. The van der Waals surface area contributed by atoms with Gasteiger partial charge in [0, 0.05) is 37.6 Å². The fraction of sp³-hybridized carbons (Fsp3) is 0.0357. The predicted molar refractivity (Wildman–Crippen MR) is 130 cm³/mol. The molecule has 4 aromatic carbocycles. The zero-order chi connectivity index (χ0) is 23.4. The van der Waals surface area contributed by atoms with Crippen LogP contribution in [0.25, 0.3) is 55.1 Å². The molecule has 2 aromatic heterocycles. The second kappa shape index (κ2) is 6.97. The highest BCUT2D eigenvalue weighted by molar-refractivity contribution is 6.33. The fourth-order valence-electron chi connectivity index (χ4n) is 4.24. The van der Waals surface area contributed by atoms with E-state index >= 15 is 0 Å². The summed E-state index contributed by atoms with van der Waals surface area (Å²) in [6.45, 7) is -2.26. The highest BCUT2D eigenvalue weighted by Gasteiger charge is 2.16. The molecule has 0 aliphatic rings. The van der Waals surface area contributed by atoms with Crippen LogP contribution in [-0.4, -0.2) is 4.98 Å². The lowest BCUT2D eigenvalue weighted by molar-refractivity contribution is 0.673. The third kappa shape index (κ3) is 2.83. The van der Waals surface area contributed by atoms with E-state index in [4.69, 9.17) is 20.1 Å². The maximum Gasteiger partial charge on any atom is 0.144 e. The predicted octanol–water partition coefficient (Wildman–Crippen LogP) is 8.43. The summed E-state index contributed by atoms with van der Waals surface area (Å²) >= 11 is 6.52. The van der Waals surface area contributed by atoms with Gasteiger partial charge in [-0.15, -0.1) is 0 Å². The highest BCUT2D eigenvalue weighted by atomic mass is 35.5. The van der Waals surface area contributed by atoms with Crippen molar-refractivity contribution in [1.82, 2.24) is 4.98 Å². The van der Waals surface area contributed by atoms with Gasteiger partial charge in [-0.1, -0.05) is 78.3 Å². The van der Waals surface area contributed by atoms with Crippen molar-refractivity contribution in [3.63, 3.8) is 0 Å². The molecule has 2 heterocycles. The quantitative estimate of drug-likeness (QED) is 0.280. The van der Waals surface area contributed by atoms with Crippen LogP contribution in [0, 0.1) is 6.85 Å². The van der Waals surface area contributed by atoms with Crippen LogP contribution in [0.2, 0.25) is 5.02 Å². The lowest BCUT2D eigenvalue weighted by atomic mass is 9.98. The summed E-state index contributed by atoms with van der Waals surface area (Å²) in [5.74, 6) is 0. The molecule has 0 spiro atoms. The molecule has 0 amide bonds. The summed E-state index contributed by atoms with van der Waals surface area (Å²) in [4.78, 5) is 4.58. The minimum Gasteiger partial charge on any atom is -0.455 e. The van der Waals surface area contributed by atoms with Gasteiger partial charge in [0.25, 0.3) is 0 Å². The van der Waals surface area contributed by atoms with Crippen LogP contribution in [-0.2, 0) is 0 Å². The minimum atomic E-state index is -2.26. The third-order valence-electron chi connectivity index (χ3n) is 5.74. The molecule has 6 aromatic rings. The first kappa shape index (κ1) is 15.2. The van der Waals surface area contributed by atoms with Crippen LogP contribution < -0.4 is 0 Å². The molecule has 0 N–H and O–H groups in total. The van der Waals surface area contributed by atoms with Gasteiger partial charge in [-0.3, -0.25) is 4.98 Å². The molecule has 0 fully saturated rings. The average Bonchev–Trinajstić information content (AvgIpc) is 3.23. The summed E-state index contributed by atoms with van der Waals surface area (Å²) in [6, 6.07) is 27.1. The van der Waals surface area contributed by atoms with Crippen molar-refractivity contribution in [2.45, 2.75) is 6.85 Å². The molecule has 0 radical (unpaired) electrons. The number of rotatable bonds is 2. The lowest BCUT2D eigenvalue weighted by Gasteiger charge is -2.10. The first-order valence-corrected chi connectivity index (χ1v) is 10.4. The molecule has 31 heavy (non-hydrogen) atoms. The molecule has 0 aliphatic heterocycles. The molecule has 148 valence electrons. The Morgan fingerprint density at radius 3 is 2.45 bits per heavy atom. The number of para-hydroxylation sites is 1. The molecule has 0 saturated heterocycles. The Kier molecular flexibility index (Phi) is 3.42. The number of hydrogen-bond donors (Lipinski definition) is 0. The van der Waals surface area contributed by atoms with Gasteiger partial charge in [-0.2, -0.15) is 0 Å². The summed E-state index contributed by atoms with van der Waals surface area (Å²) < 4.78 is 30.3. The molecule has 0 unspecified atom stereocenters. The van der Waals surface area contributed by atoms with Crippen LogP contribution >= 0.6 is 11.6 Å². The molecule has 3 heteroatoms. The molecule has 2 nitrogen and oxygen atoms in total. The van der Waals surface area contributed by atoms with Crippen molar-refractivity contribution in [1.29, 1.82) is 0 Å². The van der Waals surface area contributed by atoms with Crippen molar-refractivity contribution in [2.75, 3.05) is 0 Å². The van der Waals surface area contributed by atoms with Gasteiger partial charge in [0.2, 0.25) is 0 Å². The Morgan fingerprint density at radius 1 is 0.742 bits per heavy atom. The molecule has 0 saturated carbocycles. The van der Waals surface area contributed by atoms with Crippen LogP contribution in [0.5, 0.6) is 0 Å². The van der Waals surface area contributed by atoms with Gasteiger partial charge in [-0.25, -0.2) is 0 Å². The van der Waals surface area contributed by atoms with E-state index < -0.39 is 6.85 Å². The van der Waals surface area contributed by atoms with E-state index in [0.717, 1.165) is 38.3 Å². The zero-order valence-electron chi connectivity index (χ0n) is 19.4. The number of fused-ring (bicyclic) bond motifs is 5. The van der Waals surface area contributed by atoms with E-state index in [1.165, 1.54) is 0 Å². The van der Waals surface area contributed by atoms with E-state index in [0.29, 0.717) is 21.8 Å². The van der Waals surface area contributed by atoms with E-state index in [2.05, 4.69) is 29.2 Å². The number of hydrogen-bond acceptors (Lipinski definition) is 2. The van der Waals surface area contributed by atoms with E-state index in [9.17, 15) is 0 Å². The Balaban J connectivity index is 1.60. The number of aromatic nitrogens is 1. The van der Waals surface area contributed by atoms with Crippen LogP contribution in [0.15, 0.2) is 95.5 Å². The molecule has 0 aliphatic carbocycles. The van der Waals surface area contributed by atoms with Crippen molar-refractivity contribution in [2.24, 2.45) is 0 Å². The number of pyridine rings is 1. The van der Waals surface area contributed by atoms with Crippen molar-refractivity contribution in [3.8, 4) is 22.4 Å². The van der Waals surface area contributed by atoms with E-state index in [1.807, 2.05) is 42.5 Å². The van der Waals surface area contributed by atoms with Gasteiger partial charge in [0.1, 0.15) is 11.2 Å². The van der Waals surface area contributed by atoms with Gasteiger partial charge < -0.3 is 4.42 Å². The maximum absolute atomic E-state index is 7.95. The van der Waals surface area contributed by atoms with Gasteiger partial charge in [-0.05, 0) is 41.6 Å². The topological polar surface area (TPSA) is 26.0 Å². The van der Waals surface area contributed by atoms with E-state index in [1.54, 1.807) is 24.4 Å². The van der Waals surface area contributed by atoms with Gasteiger partial charge >= 0.3 is 0 Å². The monoisotopic (exact) mass is 422 g/mol. The first-order chi connectivity index (χ1) is 16.4. The number of aryl methyl sites for hydroxylation is 1. The Bertz CT molecular complexity index is 1720. The second-order valence-electron chi connectivity index (χ2n) is 7.54. The van der Waals surface area contributed by atoms with Crippen molar-refractivity contribution >= 4 is 44.3 Å². The zero-order valence-corrected chi connectivity index (χ0v) is 17.1. The van der Waals surface area contributed by atoms with E-state index in [-0.39, 0.29) is 5.56 Å². The van der Waals surface area contributed by atoms with Crippen molar-refractivity contribution < 1.29 is 8.53 Å². The van der Waals surface area contributed by atoms with Gasteiger partial charge in [0.15, 0.2) is 0 Å².